The Balaban J connectivity index is 2.01. The van der Waals surface area contributed by atoms with Crippen LogP contribution >= 0.6 is 0 Å². The molecule has 1 nitrogen and oxygen atoms in total. The van der Waals surface area contributed by atoms with Crippen LogP contribution in [-0.2, 0) is 0 Å². The van der Waals surface area contributed by atoms with E-state index in [1.165, 1.54) is 19.4 Å². The highest BCUT2D eigenvalue weighted by Crippen LogP contribution is 2.36. The van der Waals surface area contributed by atoms with Gasteiger partial charge in [0.1, 0.15) is 11.6 Å². The number of aryl methyl sites for hydroxylation is 1. The van der Waals surface area contributed by atoms with Crippen LogP contribution in [0.1, 0.15) is 52.2 Å². The maximum atomic E-state index is 14.1. The number of hydrogen-bond acceptors (Lipinski definition) is 1. The van der Waals surface area contributed by atoms with Crippen molar-refractivity contribution in [2.24, 2.45) is 0 Å². The molecule has 2 aromatic rings. The highest BCUT2D eigenvalue weighted by molar-refractivity contribution is 6.09. The minimum atomic E-state index is -0.808. The molecule has 0 spiro atoms. The van der Waals surface area contributed by atoms with E-state index in [1.807, 2.05) is 6.07 Å². The molecule has 2 aromatic carbocycles. The standard InChI is InChI=1S/C18H16F2O/c1-11-8-9-15(19)16(17(11)20)18(21)14-7-3-6-13(10-14)12-4-2-5-12/h3,6-10,12H,2,4-5H2,1H3. The molecular formula is C18H16F2O. The van der Waals surface area contributed by atoms with Crippen LogP contribution in [-0.4, -0.2) is 5.78 Å². The highest BCUT2D eigenvalue weighted by atomic mass is 19.1. The first kappa shape index (κ1) is 13.9. The molecule has 3 rings (SSSR count). The predicted molar refractivity (Wildman–Crippen MR) is 77.6 cm³/mol. The molecule has 0 atom stereocenters. The first-order chi connectivity index (χ1) is 10.1. The molecule has 21 heavy (non-hydrogen) atoms. The van der Waals surface area contributed by atoms with Crippen LogP contribution in [0.5, 0.6) is 0 Å². The van der Waals surface area contributed by atoms with E-state index in [-0.39, 0.29) is 5.56 Å². The van der Waals surface area contributed by atoms with Crippen molar-refractivity contribution < 1.29 is 13.6 Å². The smallest absolute Gasteiger partial charge is 0.198 e. The number of benzene rings is 2. The lowest BCUT2D eigenvalue weighted by atomic mass is 9.79. The number of carbonyl (C=O) groups is 1. The summed E-state index contributed by atoms with van der Waals surface area (Å²) in [6.45, 7) is 1.52. The Morgan fingerprint density at radius 1 is 1.14 bits per heavy atom. The SMILES string of the molecule is Cc1ccc(F)c(C(=O)c2cccc(C3CCC3)c2)c1F. The molecule has 0 heterocycles. The fraction of sp³-hybridized carbons (Fsp3) is 0.278. The normalized spacial score (nSPS) is 14.8. The van der Waals surface area contributed by atoms with Gasteiger partial charge in [-0.3, -0.25) is 4.79 Å². The van der Waals surface area contributed by atoms with Crippen molar-refractivity contribution in [1.29, 1.82) is 0 Å². The van der Waals surface area contributed by atoms with Gasteiger partial charge in [0.25, 0.3) is 0 Å². The summed E-state index contributed by atoms with van der Waals surface area (Å²) in [6.07, 6.45) is 3.43. The van der Waals surface area contributed by atoms with Gasteiger partial charge in [-0.25, -0.2) is 8.78 Å². The van der Waals surface area contributed by atoms with Gasteiger partial charge < -0.3 is 0 Å². The molecule has 1 saturated carbocycles. The molecular weight excluding hydrogens is 270 g/mol. The summed E-state index contributed by atoms with van der Waals surface area (Å²) >= 11 is 0. The van der Waals surface area contributed by atoms with Crippen molar-refractivity contribution in [1.82, 2.24) is 0 Å². The molecule has 1 aliphatic rings. The Morgan fingerprint density at radius 3 is 2.57 bits per heavy atom. The summed E-state index contributed by atoms with van der Waals surface area (Å²) in [5, 5.41) is 0. The topological polar surface area (TPSA) is 17.1 Å². The van der Waals surface area contributed by atoms with Crippen molar-refractivity contribution in [2.45, 2.75) is 32.1 Å². The largest absolute Gasteiger partial charge is 0.288 e. The zero-order chi connectivity index (χ0) is 15.0. The summed E-state index contributed by atoms with van der Waals surface area (Å²) in [4.78, 5) is 12.4. The van der Waals surface area contributed by atoms with E-state index in [9.17, 15) is 13.6 Å². The maximum Gasteiger partial charge on any atom is 0.198 e. The second-order valence-corrected chi connectivity index (χ2v) is 5.64. The van der Waals surface area contributed by atoms with Gasteiger partial charge in [-0.05, 0) is 48.9 Å². The quantitative estimate of drug-likeness (QED) is 0.743. The molecule has 0 amide bonds. The van der Waals surface area contributed by atoms with E-state index in [1.54, 1.807) is 18.2 Å². The fourth-order valence-electron chi connectivity index (χ4n) is 2.68. The maximum absolute atomic E-state index is 14.1. The lowest BCUT2D eigenvalue weighted by Gasteiger charge is -2.26. The van der Waals surface area contributed by atoms with Crippen LogP contribution in [0.4, 0.5) is 8.78 Å². The van der Waals surface area contributed by atoms with Crippen LogP contribution in [0, 0.1) is 18.6 Å². The molecule has 3 heteroatoms. The molecule has 0 unspecified atom stereocenters. The average Bonchev–Trinajstić information content (AvgIpc) is 2.42. The monoisotopic (exact) mass is 286 g/mol. The third-order valence-corrected chi connectivity index (χ3v) is 4.24. The summed E-state index contributed by atoms with van der Waals surface area (Å²) in [6, 6.07) is 9.63. The first-order valence-corrected chi connectivity index (χ1v) is 7.17. The Labute approximate surface area is 122 Å². The average molecular weight is 286 g/mol. The molecule has 0 aromatic heterocycles. The number of rotatable bonds is 3. The fourth-order valence-corrected chi connectivity index (χ4v) is 2.68. The Hall–Kier alpha value is -2.03. The molecule has 1 aliphatic carbocycles. The van der Waals surface area contributed by atoms with Crippen molar-refractivity contribution >= 4 is 5.78 Å². The summed E-state index contributed by atoms with van der Waals surface area (Å²) < 4.78 is 27.9. The third kappa shape index (κ3) is 2.48. The lowest BCUT2D eigenvalue weighted by molar-refractivity contribution is 0.103. The van der Waals surface area contributed by atoms with Crippen molar-refractivity contribution in [3.63, 3.8) is 0 Å². The van der Waals surface area contributed by atoms with E-state index in [0.29, 0.717) is 11.5 Å². The molecule has 0 bridgehead atoms. The van der Waals surface area contributed by atoms with E-state index < -0.39 is 23.0 Å². The van der Waals surface area contributed by atoms with E-state index >= 15 is 0 Å². The zero-order valence-electron chi connectivity index (χ0n) is 11.8. The first-order valence-electron chi connectivity index (χ1n) is 7.17. The molecule has 0 radical (unpaired) electrons. The Bertz CT molecular complexity index is 702. The van der Waals surface area contributed by atoms with E-state index in [2.05, 4.69) is 0 Å². The number of halogens is 2. The van der Waals surface area contributed by atoms with Crippen molar-refractivity contribution in [3.8, 4) is 0 Å². The van der Waals surface area contributed by atoms with Crippen molar-refractivity contribution in [3.05, 3.63) is 70.3 Å². The summed E-state index contributed by atoms with van der Waals surface area (Å²) in [5.41, 5.74) is 1.25. The predicted octanol–water partition coefficient (Wildman–Crippen LogP) is 4.77. The molecule has 0 saturated heterocycles. The third-order valence-electron chi connectivity index (χ3n) is 4.24. The number of carbonyl (C=O) groups excluding carboxylic acids is 1. The molecule has 108 valence electrons. The van der Waals surface area contributed by atoms with Crippen LogP contribution in [0.2, 0.25) is 0 Å². The second-order valence-electron chi connectivity index (χ2n) is 5.64. The minimum Gasteiger partial charge on any atom is -0.288 e. The summed E-state index contributed by atoms with van der Waals surface area (Å²) in [7, 11) is 0. The van der Waals surface area contributed by atoms with Crippen molar-refractivity contribution in [2.75, 3.05) is 0 Å². The van der Waals surface area contributed by atoms with Gasteiger partial charge in [0.05, 0.1) is 5.56 Å². The molecule has 0 N–H and O–H groups in total. The van der Waals surface area contributed by atoms with Gasteiger partial charge in [0.15, 0.2) is 5.78 Å². The highest BCUT2D eigenvalue weighted by Gasteiger charge is 2.23. The van der Waals surface area contributed by atoms with Crippen LogP contribution in [0.15, 0.2) is 36.4 Å². The minimum absolute atomic E-state index is 0.273. The van der Waals surface area contributed by atoms with Crippen LogP contribution < -0.4 is 0 Å². The van der Waals surface area contributed by atoms with Gasteiger partial charge in [-0.2, -0.15) is 0 Å². The molecule has 0 aliphatic heterocycles. The number of ketones is 1. The van der Waals surface area contributed by atoms with Crippen LogP contribution in [0.25, 0.3) is 0 Å². The van der Waals surface area contributed by atoms with Gasteiger partial charge in [-0.1, -0.05) is 30.7 Å². The lowest BCUT2D eigenvalue weighted by Crippen LogP contribution is -2.12. The van der Waals surface area contributed by atoms with Crippen LogP contribution in [0.3, 0.4) is 0 Å². The van der Waals surface area contributed by atoms with Gasteiger partial charge in [0, 0.05) is 5.56 Å². The summed E-state index contributed by atoms with van der Waals surface area (Å²) in [5.74, 6) is -1.69. The van der Waals surface area contributed by atoms with Gasteiger partial charge in [-0.15, -0.1) is 0 Å². The zero-order valence-corrected chi connectivity index (χ0v) is 11.8. The molecule has 1 fully saturated rings. The Kier molecular flexibility index (Phi) is 3.58. The van der Waals surface area contributed by atoms with Gasteiger partial charge >= 0.3 is 0 Å². The number of hydrogen-bond donors (Lipinski definition) is 0. The Morgan fingerprint density at radius 2 is 1.90 bits per heavy atom. The van der Waals surface area contributed by atoms with E-state index in [0.717, 1.165) is 24.5 Å². The second kappa shape index (κ2) is 5.40. The van der Waals surface area contributed by atoms with Gasteiger partial charge in [0.2, 0.25) is 0 Å². The van der Waals surface area contributed by atoms with E-state index in [4.69, 9.17) is 0 Å².